The van der Waals surface area contributed by atoms with E-state index in [9.17, 15) is 9.18 Å². The summed E-state index contributed by atoms with van der Waals surface area (Å²) in [4.78, 5) is 15.8. The van der Waals surface area contributed by atoms with Crippen molar-refractivity contribution in [1.29, 1.82) is 0 Å². The molecule has 0 fully saturated rings. The number of amides is 1. The second-order valence-electron chi connectivity index (χ2n) is 4.46. The Balaban J connectivity index is 2.34. The summed E-state index contributed by atoms with van der Waals surface area (Å²) in [7, 11) is 1.66. The molecule has 112 valence electrons. The summed E-state index contributed by atoms with van der Waals surface area (Å²) in [6.07, 6.45) is 7.63. The molecule has 1 rings (SSSR count). The Morgan fingerprint density at radius 2 is 2.10 bits per heavy atom. The molecule has 1 aromatic rings. The number of carbonyl (C=O) groups is 1. The first-order valence-corrected chi connectivity index (χ1v) is 8.19. The molecule has 1 aromatic heterocycles. The number of nitrogens with one attached hydrogen (secondary N) is 2. The molecule has 0 aromatic carbocycles. The zero-order chi connectivity index (χ0) is 14.8. The summed E-state index contributed by atoms with van der Waals surface area (Å²) >= 11 is 1.85. The molecule has 6 heteroatoms. The lowest BCUT2D eigenvalue weighted by molar-refractivity contribution is 0.0953. The van der Waals surface area contributed by atoms with E-state index in [2.05, 4.69) is 21.9 Å². The molecule has 0 spiro atoms. The Hall–Kier alpha value is -1.30. The molecule has 0 bridgehead atoms. The molecule has 0 aliphatic rings. The van der Waals surface area contributed by atoms with E-state index in [1.165, 1.54) is 24.7 Å². The molecule has 1 amide bonds. The number of thioether (sulfide) groups is 1. The SMILES string of the molecule is CNc1ncc(F)cc1C(=O)NCCCCCCSC. The van der Waals surface area contributed by atoms with Crippen LogP contribution in [0.25, 0.3) is 0 Å². The first-order valence-electron chi connectivity index (χ1n) is 6.79. The van der Waals surface area contributed by atoms with Gasteiger partial charge in [-0.15, -0.1) is 0 Å². The minimum absolute atomic E-state index is 0.245. The number of hydrogen-bond donors (Lipinski definition) is 2. The Labute approximate surface area is 123 Å². The van der Waals surface area contributed by atoms with Crippen LogP contribution in [0, 0.1) is 5.82 Å². The lowest BCUT2D eigenvalue weighted by Crippen LogP contribution is -2.25. The van der Waals surface area contributed by atoms with Gasteiger partial charge in [0.2, 0.25) is 0 Å². The molecule has 20 heavy (non-hydrogen) atoms. The molecule has 4 nitrogen and oxygen atoms in total. The van der Waals surface area contributed by atoms with Gasteiger partial charge in [0.1, 0.15) is 11.6 Å². The fraction of sp³-hybridized carbons (Fsp3) is 0.571. The van der Waals surface area contributed by atoms with E-state index in [1.54, 1.807) is 7.05 Å². The predicted octanol–water partition coefficient (Wildman–Crippen LogP) is 2.92. The van der Waals surface area contributed by atoms with Crippen LogP contribution in [0.5, 0.6) is 0 Å². The summed E-state index contributed by atoms with van der Waals surface area (Å²) in [5.74, 6) is 0.785. The van der Waals surface area contributed by atoms with Gasteiger partial charge in [-0.25, -0.2) is 9.37 Å². The third-order valence-electron chi connectivity index (χ3n) is 2.90. The van der Waals surface area contributed by atoms with E-state index in [1.807, 2.05) is 11.8 Å². The zero-order valence-electron chi connectivity index (χ0n) is 12.0. The third kappa shape index (κ3) is 5.77. The highest BCUT2D eigenvalue weighted by molar-refractivity contribution is 7.98. The number of anilines is 1. The molecule has 0 saturated carbocycles. The maximum atomic E-state index is 13.1. The van der Waals surface area contributed by atoms with Crippen LogP contribution >= 0.6 is 11.8 Å². The molecular weight excluding hydrogens is 277 g/mol. The smallest absolute Gasteiger partial charge is 0.255 e. The Morgan fingerprint density at radius 3 is 2.80 bits per heavy atom. The van der Waals surface area contributed by atoms with Gasteiger partial charge in [0.15, 0.2) is 0 Å². The van der Waals surface area contributed by atoms with Crippen LogP contribution in [-0.4, -0.2) is 36.5 Å². The quantitative estimate of drug-likeness (QED) is 0.688. The Kier molecular flexibility index (Phi) is 8.02. The van der Waals surface area contributed by atoms with Crippen molar-refractivity contribution in [3.05, 3.63) is 23.6 Å². The van der Waals surface area contributed by atoms with Crippen LogP contribution in [0.3, 0.4) is 0 Å². The van der Waals surface area contributed by atoms with Crippen LogP contribution < -0.4 is 10.6 Å². The first kappa shape index (κ1) is 16.8. The predicted molar refractivity (Wildman–Crippen MR) is 82.9 cm³/mol. The molecule has 2 N–H and O–H groups in total. The largest absolute Gasteiger partial charge is 0.372 e. The molecule has 0 saturated heterocycles. The number of nitrogens with zero attached hydrogens (tertiary/aromatic N) is 1. The van der Waals surface area contributed by atoms with Gasteiger partial charge in [0, 0.05) is 13.6 Å². The van der Waals surface area contributed by atoms with Crippen LogP contribution in [0.1, 0.15) is 36.0 Å². The maximum Gasteiger partial charge on any atom is 0.255 e. The average Bonchev–Trinajstić information content (AvgIpc) is 2.46. The molecule has 0 aliphatic carbocycles. The van der Waals surface area contributed by atoms with Gasteiger partial charge in [-0.3, -0.25) is 4.79 Å². The number of halogens is 1. The maximum absolute atomic E-state index is 13.1. The molecular formula is C14H22FN3OS. The van der Waals surface area contributed by atoms with E-state index in [0.717, 1.165) is 19.0 Å². The van der Waals surface area contributed by atoms with Crippen LogP contribution in [0.2, 0.25) is 0 Å². The van der Waals surface area contributed by atoms with Gasteiger partial charge >= 0.3 is 0 Å². The molecule has 0 radical (unpaired) electrons. The van der Waals surface area contributed by atoms with Crippen molar-refractivity contribution >= 4 is 23.5 Å². The van der Waals surface area contributed by atoms with Crippen molar-refractivity contribution in [1.82, 2.24) is 10.3 Å². The van der Waals surface area contributed by atoms with Crippen LogP contribution in [-0.2, 0) is 0 Å². The Morgan fingerprint density at radius 1 is 1.35 bits per heavy atom. The second kappa shape index (κ2) is 9.58. The van der Waals surface area contributed by atoms with E-state index in [-0.39, 0.29) is 11.5 Å². The van der Waals surface area contributed by atoms with Crippen molar-refractivity contribution < 1.29 is 9.18 Å². The van der Waals surface area contributed by atoms with Crippen molar-refractivity contribution in [3.8, 4) is 0 Å². The number of carbonyl (C=O) groups excluding carboxylic acids is 1. The van der Waals surface area contributed by atoms with Crippen molar-refractivity contribution in [2.45, 2.75) is 25.7 Å². The number of aromatic nitrogens is 1. The van der Waals surface area contributed by atoms with Crippen LogP contribution in [0.4, 0.5) is 10.2 Å². The molecule has 0 aliphatic heterocycles. The number of hydrogen-bond acceptors (Lipinski definition) is 4. The summed E-state index contributed by atoms with van der Waals surface area (Å²) in [6.45, 7) is 0.609. The van der Waals surface area contributed by atoms with E-state index in [0.29, 0.717) is 12.4 Å². The molecule has 0 unspecified atom stereocenters. The van der Waals surface area contributed by atoms with E-state index < -0.39 is 5.82 Å². The Bertz CT molecular complexity index is 429. The highest BCUT2D eigenvalue weighted by atomic mass is 32.2. The van der Waals surface area contributed by atoms with Gasteiger partial charge in [-0.05, 0) is 30.9 Å². The standard InChI is InChI=1S/C14H22FN3OS/c1-16-13-12(9-11(15)10-18-13)14(19)17-7-5-3-4-6-8-20-2/h9-10H,3-8H2,1-2H3,(H,16,18)(H,17,19). The zero-order valence-corrected chi connectivity index (χ0v) is 12.9. The number of rotatable bonds is 9. The summed E-state index contributed by atoms with van der Waals surface area (Å²) < 4.78 is 13.1. The minimum Gasteiger partial charge on any atom is -0.372 e. The van der Waals surface area contributed by atoms with Crippen molar-refractivity contribution in [3.63, 3.8) is 0 Å². The topological polar surface area (TPSA) is 54.0 Å². The first-order chi connectivity index (χ1) is 9.69. The highest BCUT2D eigenvalue weighted by Crippen LogP contribution is 2.12. The monoisotopic (exact) mass is 299 g/mol. The van der Waals surface area contributed by atoms with Gasteiger partial charge in [0.05, 0.1) is 11.8 Å². The van der Waals surface area contributed by atoms with E-state index >= 15 is 0 Å². The fourth-order valence-electron chi connectivity index (χ4n) is 1.83. The molecule has 1 heterocycles. The van der Waals surface area contributed by atoms with Gasteiger partial charge in [0.25, 0.3) is 5.91 Å². The lowest BCUT2D eigenvalue weighted by Gasteiger charge is -2.09. The van der Waals surface area contributed by atoms with Crippen LogP contribution in [0.15, 0.2) is 12.3 Å². The van der Waals surface area contributed by atoms with Gasteiger partial charge < -0.3 is 10.6 Å². The normalized spacial score (nSPS) is 10.3. The summed E-state index contributed by atoms with van der Waals surface area (Å²) in [5.41, 5.74) is 0.245. The summed E-state index contributed by atoms with van der Waals surface area (Å²) in [6, 6.07) is 1.20. The highest BCUT2D eigenvalue weighted by Gasteiger charge is 2.12. The van der Waals surface area contributed by atoms with E-state index in [4.69, 9.17) is 0 Å². The number of pyridine rings is 1. The van der Waals surface area contributed by atoms with Crippen molar-refractivity contribution in [2.24, 2.45) is 0 Å². The number of unbranched alkanes of at least 4 members (excludes halogenated alkanes) is 3. The minimum atomic E-state index is -0.508. The molecule has 0 atom stereocenters. The summed E-state index contributed by atoms with van der Waals surface area (Å²) in [5, 5.41) is 5.59. The fourth-order valence-corrected chi connectivity index (χ4v) is 2.33. The van der Waals surface area contributed by atoms with Crippen molar-refractivity contribution in [2.75, 3.05) is 30.9 Å². The lowest BCUT2D eigenvalue weighted by atomic mass is 10.2. The average molecular weight is 299 g/mol. The second-order valence-corrected chi connectivity index (χ2v) is 5.45. The van der Waals surface area contributed by atoms with Gasteiger partial charge in [-0.2, -0.15) is 11.8 Å². The third-order valence-corrected chi connectivity index (χ3v) is 3.59. The van der Waals surface area contributed by atoms with Gasteiger partial charge in [-0.1, -0.05) is 12.8 Å².